The molecular weight excluding hydrogens is 402 g/mol. The molecule has 0 atom stereocenters. The average molecular weight is 424 g/mol. The minimum atomic E-state index is -1.10. The number of hydrogen-bond acceptors (Lipinski definition) is 5. The molecule has 1 N–H and O–H groups in total. The van der Waals surface area contributed by atoms with E-state index in [4.69, 9.17) is 0 Å². The minimum Gasteiger partial charge on any atom is -0.334 e. The first-order valence-electron chi connectivity index (χ1n) is 9.55. The molecule has 3 aromatic rings. The number of halogens is 2. The second-order valence-corrected chi connectivity index (χ2v) is 8.75. The van der Waals surface area contributed by atoms with Gasteiger partial charge in [0, 0.05) is 11.0 Å². The molecule has 0 aliphatic carbocycles. The van der Waals surface area contributed by atoms with E-state index in [9.17, 15) is 18.8 Å². The lowest BCUT2D eigenvalue weighted by Gasteiger charge is -2.20. The first-order chi connectivity index (χ1) is 14.4. The number of benzene rings is 2. The van der Waals surface area contributed by atoms with Gasteiger partial charge in [0.25, 0.3) is 5.91 Å². The van der Waals surface area contributed by atoms with Gasteiger partial charge >= 0.3 is 0 Å². The maximum absolute atomic E-state index is 13.9. The number of rotatable bonds is 4. The first-order valence-corrected chi connectivity index (χ1v) is 9.55. The molecule has 0 spiro atoms. The Balaban J connectivity index is 2.20. The Hall–Kier alpha value is -3.67. The lowest BCUT2D eigenvalue weighted by atomic mass is 9.95. The van der Waals surface area contributed by atoms with Crippen molar-refractivity contribution in [2.24, 2.45) is 0 Å². The maximum Gasteiger partial charge on any atom is 0.252 e. The lowest BCUT2D eigenvalue weighted by Crippen LogP contribution is -2.42. The molecule has 1 aromatic heterocycles. The van der Waals surface area contributed by atoms with Crippen LogP contribution in [0.1, 0.15) is 50.8 Å². The molecular formula is C22H22F2N6O. The summed E-state index contributed by atoms with van der Waals surface area (Å²) in [6, 6.07) is 10.3. The summed E-state index contributed by atoms with van der Waals surface area (Å²) in [6.45, 7) is 8.97. The zero-order valence-electron chi connectivity index (χ0n) is 17.9. The monoisotopic (exact) mass is 424 g/mol. The molecule has 31 heavy (non-hydrogen) atoms. The zero-order valence-corrected chi connectivity index (χ0v) is 17.9. The third kappa shape index (κ3) is 4.74. The van der Waals surface area contributed by atoms with Gasteiger partial charge in [0.05, 0.1) is 11.8 Å². The Morgan fingerprint density at radius 2 is 1.74 bits per heavy atom. The minimum absolute atomic E-state index is 0.218. The van der Waals surface area contributed by atoms with Gasteiger partial charge in [-0.15, -0.1) is 5.10 Å². The summed E-state index contributed by atoms with van der Waals surface area (Å²) in [5, 5.41) is 23.8. The van der Waals surface area contributed by atoms with Gasteiger partial charge in [-0.05, 0) is 65.7 Å². The van der Waals surface area contributed by atoms with Crippen molar-refractivity contribution in [3.63, 3.8) is 0 Å². The third-order valence-corrected chi connectivity index (χ3v) is 4.52. The van der Waals surface area contributed by atoms with Crippen molar-refractivity contribution >= 4 is 5.91 Å². The molecule has 0 aliphatic heterocycles. The van der Waals surface area contributed by atoms with Gasteiger partial charge in [-0.3, -0.25) is 4.79 Å². The number of nitrogens with zero attached hydrogens (tertiary/aromatic N) is 5. The fourth-order valence-electron chi connectivity index (χ4n) is 2.92. The summed E-state index contributed by atoms with van der Waals surface area (Å²) in [5.74, 6) is -1.91. The standard InChI is InChI=1S/C22H22F2N6O/c1-21(2,3)20-27-28-29-30(20)16-9-14(13-6-7-17(23)18(24)11-13)8-15(10-16)19(31)26-22(4,5)12-25/h6-11H,1-5H3,(H,26,31). The molecule has 0 saturated heterocycles. The van der Waals surface area contributed by atoms with Crippen LogP contribution in [0.2, 0.25) is 0 Å². The summed E-state index contributed by atoms with van der Waals surface area (Å²) < 4.78 is 28.8. The molecule has 7 nitrogen and oxygen atoms in total. The van der Waals surface area contributed by atoms with Crippen molar-refractivity contribution in [2.45, 2.75) is 45.6 Å². The van der Waals surface area contributed by atoms with Crippen molar-refractivity contribution in [3.05, 3.63) is 59.4 Å². The fraction of sp³-hybridized carbons (Fsp3) is 0.318. The highest BCUT2D eigenvalue weighted by molar-refractivity contribution is 5.97. The van der Waals surface area contributed by atoms with Crippen molar-refractivity contribution < 1.29 is 13.6 Å². The largest absolute Gasteiger partial charge is 0.334 e. The van der Waals surface area contributed by atoms with Crippen molar-refractivity contribution in [1.82, 2.24) is 25.5 Å². The van der Waals surface area contributed by atoms with Gasteiger partial charge in [-0.2, -0.15) is 9.94 Å². The van der Waals surface area contributed by atoms with Gasteiger partial charge in [-0.1, -0.05) is 26.8 Å². The quantitative estimate of drug-likeness (QED) is 0.684. The van der Waals surface area contributed by atoms with Gasteiger partial charge < -0.3 is 5.32 Å². The van der Waals surface area contributed by atoms with Crippen LogP contribution in [0.15, 0.2) is 36.4 Å². The van der Waals surface area contributed by atoms with Gasteiger partial charge in [0.1, 0.15) is 5.54 Å². The predicted octanol–water partition coefficient (Wildman–Crippen LogP) is 3.94. The Bertz CT molecular complexity index is 1190. The molecule has 0 saturated carbocycles. The lowest BCUT2D eigenvalue weighted by molar-refractivity contribution is 0.0929. The number of nitriles is 1. The molecule has 1 amide bonds. The van der Waals surface area contributed by atoms with Crippen LogP contribution in [-0.2, 0) is 5.41 Å². The smallest absolute Gasteiger partial charge is 0.252 e. The van der Waals surface area contributed by atoms with Crippen LogP contribution < -0.4 is 5.32 Å². The molecule has 1 heterocycles. The van der Waals surface area contributed by atoms with Crippen LogP contribution in [0.25, 0.3) is 16.8 Å². The molecule has 0 fully saturated rings. The van der Waals surface area contributed by atoms with E-state index in [-0.39, 0.29) is 5.56 Å². The summed E-state index contributed by atoms with van der Waals surface area (Å²) in [4.78, 5) is 12.9. The van der Waals surface area contributed by atoms with Gasteiger partial charge in [0.2, 0.25) is 0 Å². The van der Waals surface area contributed by atoms with Crippen molar-refractivity contribution in [2.75, 3.05) is 0 Å². The van der Waals surface area contributed by atoms with Crippen LogP contribution in [0.3, 0.4) is 0 Å². The number of hydrogen-bond donors (Lipinski definition) is 1. The fourth-order valence-corrected chi connectivity index (χ4v) is 2.92. The van der Waals surface area contributed by atoms with Crippen LogP contribution in [0.4, 0.5) is 8.78 Å². The van der Waals surface area contributed by atoms with E-state index in [0.29, 0.717) is 22.6 Å². The van der Waals surface area contributed by atoms with Crippen LogP contribution in [0.5, 0.6) is 0 Å². The van der Waals surface area contributed by atoms with Crippen LogP contribution in [0, 0.1) is 23.0 Å². The highest BCUT2D eigenvalue weighted by atomic mass is 19.2. The second-order valence-electron chi connectivity index (χ2n) is 8.75. The Morgan fingerprint density at radius 3 is 2.35 bits per heavy atom. The third-order valence-electron chi connectivity index (χ3n) is 4.52. The van der Waals surface area contributed by atoms with E-state index >= 15 is 0 Å². The summed E-state index contributed by atoms with van der Waals surface area (Å²) >= 11 is 0. The van der Waals surface area contributed by atoms with E-state index in [1.807, 2.05) is 26.8 Å². The van der Waals surface area contributed by atoms with E-state index < -0.39 is 28.5 Å². The van der Waals surface area contributed by atoms with Crippen molar-refractivity contribution in [1.29, 1.82) is 5.26 Å². The number of carbonyl (C=O) groups excluding carboxylic acids is 1. The number of nitrogens with one attached hydrogen (secondary N) is 1. The predicted molar refractivity (Wildman–Crippen MR) is 110 cm³/mol. The van der Waals surface area contributed by atoms with Crippen LogP contribution in [-0.4, -0.2) is 31.7 Å². The highest BCUT2D eigenvalue weighted by Gasteiger charge is 2.25. The van der Waals surface area contributed by atoms with Gasteiger partial charge in [0.15, 0.2) is 17.5 Å². The number of tetrazole rings is 1. The van der Waals surface area contributed by atoms with Crippen molar-refractivity contribution in [3.8, 4) is 22.9 Å². The van der Waals surface area contributed by atoms with Crippen LogP contribution >= 0.6 is 0 Å². The molecule has 0 unspecified atom stereocenters. The molecule has 160 valence electrons. The van der Waals surface area contributed by atoms with Gasteiger partial charge in [-0.25, -0.2) is 8.78 Å². The Labute approximate surface area is 178 Å². The van der Waals surface area contributed by atoms with E-state index in [0.717, 1.165) is 12.1 Å². The topological polar surface area (TPSA) is 96.5 Å². The molecule has 9 heteroatoms. The highest BCUT2D eigenvalue weighted by Crippen LogP contribution is 2.28. The molecule has 0 radical (unpaired) electrons. The SMILES string of the molecule is CC(C)(C#N)NC(=O)c1cc(-c2ccc(F)c(F)c2)cc(-n2nnnc2C(C)(C)C)c1. The Morgan fingerprint density at radius 1 is 1.03 bits per heavy atom. The van der Waals surface area contributed by atoms with E-state index in [1.54, 1.807) is 32.0 Å². The molecule has 2 aromatic carbocycles. The normalized spacial score (nSPS) is 11.8. The average Bonchev–Trinajstić information content (AvgIpc) is 3.20. The summed E-state index contributed by atoms with van der Waals surface area (Å²) in [6.07, 6.45) is 0. The number of amides is 1. The molecule has 0 aliphatic rings. The molecule has 0 bridgehead atoms. The number of aromatic nitrogens is 4. The summed E-state index contributed by atoms with van der Waals surface area (Å²) in [5.41, 5.74) is 0.0345. The second kappa shape index (κ2) is 7.87. The maximum atomic E-state index is 13.9. The Kier molecular flexibility index (Phi) is 5.59. The zero-order chi connectivity index (χ0) is 23.0. The summed E-state index contributed by atoms with van der Waals surface area (Å²) in [7, 11) is 0. The van der Waals surface area contributed by atoms with E-state index in [1.165, 1.54) is 10.7 Å². The first kappa shape index (κ1) is 22.0. The number of carbonyl (C=O) groups is 1. The molecule has 3 rings (SSSR count). The van der Waals surface area contributed by atoms with E-state index in [2.05, 4.69) is 20.8 Å².